The van der Waals surface area contributed by atoms with Crippen molar-refractivity contribution in [1.29, 1.82) is 0 Å². The predicted molar refractivity (Wildman–Crippen MR) is 57.5 cm³/mol. The second-order valence-corrected chi connectivity index (χ2v) is 3.28. The van der Waals surface area contributed by atoms with Crippen LogP contribution in [0.4, 0.5) is 0 Å². The van der Waals surface area contributed by atoms with Gasteiger partial charge in [-0.25, -0.2) is 4.79 Å². The molecular weight excluding hydrogens is 223 g/mol. The quantitative estimate of drug-likeness (QED) is 0.577. The Morgan fingerprint density at radius 1 is 1.43 bits per heavy atom. The second kappa shape index (κ2) is 5.03. The number of methoxy groups -OCH3 is 1. The normalized spacial score (nSPS) is 10.5. The maximum Gasteiger partial charge on any atom is 0.330 e. The summed E-state index contributed by atoms with van der Waals surface area (Å²) in [4.78, 5) is 10.8. The molecular formula is C10H8Cl2O2. The van der Waals surface area contributed by atoms with Crippen molar-refractivity contribution < 1.29 is 9.53 Å². The van der Waals surface area contributed by atoms with E-state index < -0.39 is 5.97 Å². The molecule has 0 atom stereocenters. The number of hydrogen-bond acceptors (Lipinski definition) is 2. The Kier molecular flexibility index (Phi) is 3.98. The highest BCUT2D eigenvalue weighted by Gasteiger charge is 2.01. The van der Waals surface area contributed by atoms with Crippen molar-refractivity contribution in [2.75, 3.05) is 7.11 Å². The van der Waals surface area contributed by atoms with Crippen LogP contribution in [-0.4, -0.2) is 13.1 Å². The Morgan fingerprint density at radius 3 is 2.79 bits per heavy atom. The first-order chi connectivity index (χ1) is 6.65. The summed E-state index contributed by atoms with van der Waals surface area (Å²) < 4.78 is 4.44. The van der Waals surface area contributed by atoms with E-state index in [2.05, 4.69) is 4.74 Å². The van der Waals surface area contributed by atoms with Crippen LogP contribution in [0.25, 0.3) is 6.08 Å². The maximum absolute atomic E-state index is 10.8. The highest BCUT2D eigenvalue weighted by molar-refractivity contribution is 6.42. The smallest absolute Gasteiger partial charge is 0.330 e. The molecule has 1 aromatic rings. The third kappa shape index (κ3) is 2.76. The van der Waals surface area contributed by atoms with E-state index in [0.717, 1.165) is 0 Å². The molecule has 0 aliphatic heterocycles. The summed E-state index contributed by atoms with van der Waals surface area (Å²) in [6.45, 7) is 0. The molecule has 0 heterocycles. The summed E-state index contributed by atoms with van der Waals surface area (Å²) in [6.07, 6.45) is 2.84. The molecule has 0 amide bonds. The fraction of sp³-hybridized carbons (Fsp3) is 0.100. The van der Waals surface area contributed by atoms with Gasteiger partial charge in [-0.15, -0.1) is 0 Å². The molecule has 74 valence electrons. The Labute approximate surface area is 92.1 Å². The van der Waals surface area contributed by atoms with Gasteiger partial charge >= 0.3 is 5.97 Å². The molecule has 0 spiro atoms. The molecule has 1 aromatic carbocycles. The number of carbonyl (C=O) groups is 1. The number of rotatable bonds is 2. The zero-order valence-corrected chi connectivity index (χ0v) is 8.97. The van der Waals surface area contributed by atoms with Crippen molar-refractivity contribution in [3.05, 3.63) is 39.9 Å². The zero-order valence-electron chi connectivity index (χ0n) is 7.46. The van der Waals surface area contributed by atoms with Gasteiger partial charge in [0.2, 0.25) is 0 Å². The van der Waals surface area contributed by atoms with Crippen LogP contribution < -0.4 is 0 Å². The van der Waals surface area contributed by atoms with Gasteiger partial charge in [-0.05, 0) is 17.7 Å². The minimum atomic E-state index is -0.430. The Balaban J connectivity index is 2.92. The van der Waals surface area contributed by atoms with Crippen LogP contribution in [0.5, 0.6) is 0 Å². The summed E-state index contributed by atoms with van der Waals surface area (Å²) in [6, 6.07) is 5.19. The van der Waals surface area contributed by atoms with E-state index in [1.54, 1.807) is 24.3 Å². The van der Waals surface area contributed by atoms with E-state index in [9.17, 15) is 4.79 Å². The van der Waals surface area contributed by atoms with Gasteiger partial charge in [-0.3, -0.25) is 0 Å². The predicted octanol–water partition coefficient (Wildman–Crippen LogP) is 3.18. The number of ether oxygens (including phenoxy) is 1. The van der Waals surface area contributed by atoms with Gasteiger partial charge in [0, 0.05) is 6.08 Å². The minimum Gasteiger partial charge on any atom is -0.466 e. The van der Waals surface area contributed by atoms with E-state index >= 15 is 0 Å². The Bertz CT molecular complexity index is 372. The van der Waals surface area contributed by atoms with Gasteiger partial charge in [0.1, 0.15) is 0 Å². The lowest BCUT2D eigenvalue weighted by atomic mass is 10.2. The van der Waals surface area contributed by atoms with Gasteiger partial charge in [-0.1, -0.05) is 35.3 Å². The largest absolute Gasteiger partial charge is 0.466 e. The Morgan fingerprint density at radius 2 is 2.14 bits per heavy atom. The maximum atomic E-state index is 10.8. The van der Waals surface area contributed by atoms with Crippen LogP contribution in [0, 0.1) is 0 Å². The van der Waals surface area contributed by atoms with Crippen LogP contribution in [0.2, 0.25) is 10.0 Å². The molecule has 0 aliphatic rings. The summed E-state index contributed by atoms with van der Waals surface area (Å²) in [7, 11) is 1.31. The van der Waals surface area contributed by atoms with Crippen molar-refractivity contribution in [3.8, 4) is 0 Å². The molecule has 0 bridgehead atoms. The molecule has 0 radical (unpaired) electrons. The monoisotopic (exact) mass is 230 g/mol. The van der Waals surface area contributed by atoms with Crippen molar-refractivity contribution in [2.45, 2.75) is 0 Å². The van der Waals surface area contributed by atoms with Gasteiger partial charge in [0.05, 0.1) is 17.2 Å². The first-order valence-electron chi connectivity index (χ1n) is 3.85. The van der Waals surface area contributed by atoms with Crippen LogP contribution in [0.1, 0.15) is 5.56 Å². The number of benzene rings is 1. The standard InChI is InChI=1S/C10H8Cl2O2/c1-14-9(13)6-5-7-3-2-4-8(11)10(7)12/h2-6H,1H3/b6-5+. The summed E-state index contributed by atoms with van der Waals surface area (Å²) in [5.74, 6) is -0.430. The lowest BCUT2D eigenvalue weighted by Gasteiger charge is -1.99. The molecule has 0 aliphatic carbocycles. The van der Waals surface area contributed by atoms with Crippen molar-refractivity contribution >= 4 is 35.2 Å². The van der Waals surface area contributed by atoms with Crippen molar-refractivity contribution in [1.82, 2.24) is 0 Å². The fourth-order valence-corrected chi connectivity index (χ4v) is 1.25. The fourth-order valence-electron chi connectivity index (χ4n) is 0.875. The summed E-state index contributed by atoms with van der Waals surface area (Å²) in [5, 5.41) is 0.882. The van der Waals surface area contributed by atoms with E-state index in [1.165, 1.54) is 13.2 Å². The number of carbonyl (C=O) groups excluding carboxylic acids is 1. The van der Waals surface area contributed by atoms with Crippen LogP contribution in [0.15, 0.2) is 24.3 Å². The van der Waals surface area contributed by atoms with Gasteiger partial charge in [0.25, 0.3) is 0 Å². The first kappa shape index (κ1) is 11.1. The van der Waals surface area contributed by atoms with Crippen molar-refractivity contribution in [2.24, 2.45) is 0 Å². The van der Waals surface area contributed by atoms with E-state index in [1.807, 2.05) is 0 Å². The number of halogens is 2. The second-order valence-electron chi connectivity index (χ2n) is 2.50. The Hall–Kier alpha value is -0.990. The highest BCUT2D eigenvalue weighted by atomic mass is 35.5. The van der Waals surface area contributed by atoms with Gasteiger partial charge < -0.3 is 4.74 Å². The molecule has 0 unspecified atom stereocenters. The van der Waals surface area contributed by atoms with Gasteiger partial charge in [0.15, 0.2) is 0 Å². The topological polar surface area (TPSA) is 26.3 Å². The van der Waals surface area contributed by atoms with Crippen LogP contribution >= 0.6 is 23.2 Å². The lowest BCUT2D eigenvalue weighted by Crippen LogP contribution is -1.93. The number of hydrogen-bond donors (Lipinski definition) is 0. The third-order valence-electron chi connectivity index (χ3n) is 1.58. The number of esters is 1. The average Bonchev–Trinajstić information content (AvgIpc) is 2.20. The third-order valence-corrected chi connectivity index (χ3v) is 2.42. The molecule has 14 heavy (non-hydrogen) atoms. The van der Waals surface area contributed by atoms with Crippen LogP contribution in [0.3, 0.4) is 0 Å². The molecule has 0 saturated heterocycles. The molecule has 0 N–H and O–H groups in total. The molecule has 1 rings (SSSR count). The van der Waals surface area contributed by atoms with Crippen molar-refractivity contribution in [3.63, 3.8) is 0 Å². The molecule has 0 fully saturated rings. The average molecular weight is 231 g/mol. The van der Waals surface area contributed by atoms with E-state index in [4.69, 9.17) is 23.2 Å². The summed E-state index contributed by atoms with van der Waals surface area (Å²) in [5.41, 5.74) is 0.685. The van der Waals surface area contributed by atoms with E-state index in [-0.39, 0.29) is 0 Å². The molecule has 0 saturated carbocycles. The van der Waals surface area contributed by atoms with E-state index in [0.29, 0.717) is 15.6 Å². The highest BCUT2D eigenvalue weighted by Crippen LogP contribution is 2.26. The van der Waals surface area contributed by atoms with Crippen LogP contribution in [-0.2, 0) is 9.53 Å². The SMILES string of the molecule is COC(=O)/C=C/c1cccc(Cl)c1Cl. The zero-order chi connectivity index (χ0) is 10.6. The molecule has 4 heteroatoms. The molecule has 2 nitrogen and oxygen atoms in total. The molecule has 0 aromatic heterocycles. The van der Waals surface area contributed by atoms with Gasteiger partial charge in [-0.2, -0.15) is 0 Å². The minimum absolute atomic E-state index is 0.425. The lowest BCUT2D eigenvalue weighted by molar-refractivity contribution is -0.134. The summed E-state index contributed by atoms with van der Waals surface area (Å²) >= 11 is 11.7. The first-order valence-corrected chi connectivity index (χ1v) is 4.61.